The van der Waals surface area contributed by atoms with E-state index in [-0.39, 0.29) is 22.2 Å². The first-order valence-corrected chi connectivity index (χ1v) is 6.21. The normalized spacial score (nSPS) is 15.1. The minimum absolute atomic E-state index is 0.0852. The van der Waals surface area contributed by atoms with E-state index in [0.29, 0.717) is 0 Å². The van der Waals surface area contributed by atoms with Crippen LogP contribution < -0.4 is 11.1 Å². The van der Waals surface area contributed by atoms with E-state index < -0.39 is 0 Å². The summed E-state index contributed by atoms with van der Waals surface area (Å²) in [7, 11) is 0. The third-order valence-corrected chi connectivity index (χ3v) is 3.00. The van der Waals surface area contributed by atoms with Gasteiger partial charge in [0, 0.05) is 16.0 Å². The monoisotopic (exact) mass is 232 g/mol. The molecule has 0 fully saturated rings. The fourth-order valence-electron chi connectivity index (χ4n) is 1.05. The summed E-state index contributed by atoms with van der Waals surface area (Å²) in [6, 6.07) is -0.255. The van der Waals surface area contributed by atoms with E-state index in [1.54, 1.807) is 11.8 Å². The number of carbonyl (C=O) groups excluding carboxylic acids is 1. The number of nitrogens with two attached hydrogens (primary N) is 1. The lowest BCUT2D eigenvalue weighted by atomic mass is 10.1. The largest absolute Gasteiger partial charge is 0.368 e. The maximum absolute atomic E-state index is 11.2. The smallest absolute Gasteiger partial charge is 0.235 e. The highest BCUT2D eigenvalue weighted by Crippen LogP contribution is 2.24. The number of carbonyl (C=O) groups is 1. The molecule has 0 bridgehead atoms. The molecule has 0 saturated heterocycles. The SMILES string of the molecule is CC(C)(C)N[C@@H](CSC(C)(C)C)C(N)=O. The van der Waals surface area contributed by atoms with Crippen LogP contribution >= 0.6 is 11.8 Å². The molecule has 0 spiro atoms. The van der Waals surface area contributed by atoms with Crippen molar-refractivity contribution >= 4 is 17.7 Å². The molecular formula is C11H24N2OS. The van der Waals surface area contributed by atoms with E-state index in [2.05, 4.69) is 26.1 Å². The van der Waals surface area contributed by atoms with Crippen LogP contribution in [0.4, 0.5) is 0 Å². The van der Waals surface area contributed by atoms with Crippen molar-refractivity contribution in [3.63, 3.8) is 0 Å². The Bertz CT molecular complexity index is 216. The van der Waals surface area contributed by atoms with Crippen LogP contribution in [-0.4, -0.2) is 28.0 Å². The van der Waals surface area contributed by atoms with Crippen LogP contribution in [0.25, 0.3) is 0 Å². The van der Waals surface area contributed by atoms with Gasteiger partial charge in [-0.2, -0.15) is 11.8 Å². The standard InChI is InChI=1S/C11H24N2OS/c1-10(2,3)13-8(9(12)14)7-15-11(4,5)6/h8,13H,7H2,1-6H3,(H2,12,14)/t8-/m0/s1. The minimum atomic E-state index is -0.276. The van der Waals surface area contributed by atoms with Gasteiger partial charge < -0.3 is 11.1 Å². The van der Waals surface area contributed by atoms with Gasteiger partial charge in [0.15, 0.2) is 0 Å². The molecular weight excluding hydrogens is 208 g/mol. The first kappa shape index (κ1) is 14.8. The number of rotatable bonds is 4. The van der Waals surface area contributed by atoms with Crippen LogP contribution in [0.5, 0.6) is 0 Å². The van der Waals surface area contributed by atoms with Crippen molar-refractivity contribution < 1.29 is 4.79 Å². The van der Waals surface area contributed by atoms with Gasteiger partial charge in [-0.25, -0.2) is 0 Å². The Morgan fingerprint density at radius 1 is 1.27 bits per heavy atom. The van der Waals surface area contributed by atoms with Gasteiger partial charge in [0.2, 0.25) is 5.91 Å². The molecule has 0 radical (unpaired) electrons. The van der Waals surface area contributed by atoms with E-state index in [1.807, 2.05) is 20.8 Å². The molecule has 0 aromatic heterocycles. The molecule has 4 heteroatoms. The van der Waals surface area contributed by atoms with Crippen molar-refractivity contribution in [1.82, 2.24) is 5.32 Å². The molecule has 0 aliphatic heterocycles. The Morgan fingerprint density at radius 2 is 1.73 bits per heavy atom. The van der Waals surface area contributed by atoms with Gasteiger partial charge in [-0.15, -0.1) is 0 Å². The maximum atomic E-state index is 11.2. The summed E-state index contributed by atoms with van der Waals surface area (Å²) in [6.45, 7) is 12.5. The van der Waals surface area contributed by atoms with Gasteiger partial charge in [0.1, 0.15) is 0 Å². The van der Waals surface area contributed by atoms with Crippen molar-refractivity contribution in [3.8, 4) is 0 Å². The van der Waals surface area contributed by atoms with E-state index in [0.717, 1.165) is 5.75 Å². The minimum Gasteiger partial charge on any atom is -0.368 e. The lowest BCUT2D eigenvalue weighted by Crippen LogP contribution is -2.51. The summed E-state index contributed by atoms with van der Waals surface area (Å²) in [5.41, 5.74) is 5.27. The van der Waals surface area contributed by atoms with E-state index >= 15 is 0 Å². The number of thioether (sulfide) groups is 1. The summed E-state index contributed by atoms with van der Waals surface area (Å²) in [5.74, 6) is 0.442. The Kier molecular flexibility index (Phi) is 5.14. The second kappa shape index (κ2) is 5.21. The van der Waals surface area contributed by atoms with E-state index in [1.165, 1.54) is 0 Å². The van der Waals surface area contributed by atoms with Crippen LogP contribution in [0.15, 0.2) is 0 Å². The van der Waals surface area contributed by atoms with Crippen LogP contribution in [0, 0.1) is 0 Å². The molecule has 90 valence electrons. The zero-order valence-electron chi connectivity index (χ0n) is 10.7. The molecule has 0 saturated carbocycles. The van der Waals surface area contributed by atoms with Gasteiger partial charge >= 0.3 is 0 Å². The molecule has 0 aromatic rings. The number of primary amides is 1. The lowest BCUT2D eigenvalue weighted by Gasteiger charge is -2.28. The molecule has 0 aliphatic carbocycles. The van der Waals surface area contributed by atoms with Crippen molar-refractivity contribution in [2.24, 2.45) is 5.73 Å². The molecule has 3 nitrogen and oxygen atoms in total. The molecule has 1 amide bonds. The summed E-state index contributed by atoms with van der Waals surface area (Å²) >= 11 is 1.75. The molecule has 3 N–H and O–H groups in total. The highest BCUT2D eigenvalue weighted by molar-refractivity contribution is 8.00. The lowest BCUT2D eigenvalue weighted by molar-refractivity contribution is -0.119. The van der Waals surface area contributed by atoms with Crippen LogP contribution in [0.2, 0.25) is 0 Å². The predicted octanol–water partition coefficient (Wildman–Crippen LogP) is 1.76. The zero-order valence-corrected chi connectivity index (χ0v) is 11.5. The quantitative estimate of drug-likeness (QED) is 0.776. The first-order chi connectivity index (χ1) is 6.51. The average molecular weight is 232 g/mol. The fourth-order valence-corrected chi connectivity index (χ4v) is 1.97. The molecule has 0 rings (SSSR count). The van der Waals surface area contributed by atoms with Crippen molar-refractivity contribution in [1.29, 1.82) is 0 Å². The summed E-state index contributed by atoms with van der Waals surface area (Å²) < 4.78 is 0.160. The second-order valence-corrected chi connectivity index (χ2v) is 7.62. The fraction of sp³-hybridized carbons (Fsp3) is 0.909. The number of hydrogen-bond donors (Lipinski definition) is 2. The second-order valence-electron chi connectivity index (χ2n) is 5.77. The summed E-state index contributed by atoms with van der Waals surface area (Å²) in [6.07, 6.45) is 0. The first-order valence-electron chi connectivity index (χ1n) is 5.22. The van der Waals surface area contributed by atoms with Gasteiger partial charge in [0.05, 0.1) is 6.04 Å². The number of hydrogen-bond acceptors (Lipinski definition) is 3. The number of nitrogens with one attached hydrogen (secondary N) is 1. The Balaban J connectivity index is 4.25. The van der Waals surface area contributed by atoms with E-state index in [9.17, 15) is 4.79 Å². The molecule has 0 aromatic carbocycles. The maximum Gasteiger partial charge on any atom is 0.235 e. The molecule has 0 heterocycles. The molecule has 0 aliphatic rings. The molecule has 1 atom stereocenters. The van der Waals surface area contributed by atoms with Gasteiger partial charge in [0.25, 0.3) is 0 Å². The molecule has 0 unspecified atom stereocenters. The van der Waals surface area contributed by atoms with Crippen molar-refractivity contribution in [3.05, 3.63) is 0 Å². The van der Waals surface area contributed by atoms with Gasteiger partial charge in [-0.3, -0.25) is 4.79 Å². The van der Waals surface area contributed by atoms with Crippen molar-refractivity contribution in [2.45, 2.75) is 57.9 Å². The predicted molar refractivity (Wildman–Crippen MR) is 68.1 cm³/mol. The van der Waals surface area contributed by atoms with Gasteiger partial charge in [-0.05, 0) is 20.8 Å². The zero-order chi connectivity index (χ0) is 12.3. The van der Waals surface area contributed by atoms with Crippen LogP contribution in [0.1, 0.15) is 41.5 Å². The van der Waals surface area contributed by atoms with Gasteiger partial charge in [-0.1, -0.05) is 20.8 Å². The third kappa shape index (κ3) is 8.75. The van der Waals surface area contributed by atoms with E-state index in [4.69, 9.17) is 5.73 Å². The highest BCUT2D eigenvalue weighted by Gasteiger charge is 2.23. The Morgan fingerprint density at radius 3 is 2.00 bits per heavy atom. The topological polar surface area (TPSA) is 55.1 Å². The Labute approximate surface area is 97.6 Å². The Hall–Kier alpha value is -0.220. The summed E-state index contributed by atoms with van der Waals surface area (Å²) in [4.78, 5) is 11.2. The number of amides is 1. The molecule has 15 heavy (non-hydrogen) atoms. The van der Waals surface area contributed by atoms with Crippen LogP contribution in [0.3, 0.4) is 0 Å². The third-order valence-electron chi connectivity index (χ3n) is 1.63. The highest BCUT2D eigenvalue weighted by atomic mass is 32.2. The summed E-state index contributed by atoms with van der Waals surface area (Å²) in [5, 5.41) is 3.23. The van der Waals surface area contributed by atoms with Crippen molar-refractivity contribution in [2.75, 3.05) is 5.75 Å². The average Bonchev–Trinajstić information content (AvgIpc) is 1.93. The van der Waals surface area contributed by atoms with Crippen LogP contribution in [-0.2, 0) is 4.79 Å².